The third-order valence-electron chi connectivity index (χ3n) is 2.45. The molecule has 0 saturated heterocycles. The molecule has 0 fully saturated rings. The monoisotopic (exact) mass is 264 g/mol. The summed E-state index contributed by atoms with van der Waals surface area (Å²) in [4.78, 5) is 23.6. The molecule has 0 amide bonds. The van der Waals surface area contributed by atoms with Gasteiger partial charge in [-0.15, -0.1) is 0 Å². The second-order valence-corrected chi connectivity index (χ2v) is 4.00. The van der Waals surface area contributed by atoms with Crippen molar-refractivity contribution < 1.29 is 18.7 Å². The van der Waals surface area contributed by atoms with Gasteiger partial charge in [0.2, 0.25) is 0 Å². The highest BCUT2D eigenvalue weighted by molar-refractivity contribution is 6.20. The molecule has 0 heterocycles. The second kappa shape index (κ2) is 7.46. The van der Waals surface area contributed by atoms with Crippen LogP contribution in [0.3, 0.4) is 0 Å². The summed E-state index contributed by atoms with van der Waals surface area (Å²) in [5.41, 5.74) is 0.601. The van der Waals surface area contributed by atoms with Crippen molar-refractivity contribution >= 4 is 17.8 Å². The summed E-state index contributed by atoms with van der Waals surface area (Å²) >= 11 is 0. The average Bonchev–Trinajstić information content (AvgIpc) is 2.38. The van der Waals surface area contributed by atoms with E-state index in [0.29, 0.717) is 12.0 Å². The van der Waals surface area contributed by atoms with E-state index in [1.807, 2.05) is 6.92 Å². The van der Waals surface area contributed by atoms with Crippen LogP contribution in [0.4, 0.5) is 4.39 Å². The molecule has 0 N–H and O–H groups in total. The number of ether oxygens (including phenoxy) is 1. The maximum absolute atomic E-state index is 12.8. The molecule has 4 heteroatoms. The number of Topliss-reactive ketones (excluding diaryl/α,β-unsaturated/α-hetero) is 1. The van der Waals surface area contributed by atoms with Crippen molar-refractivity contribution in [2.45, 2.75) is 26.7 Å². The molecular formula is C15H17FO3. The lowest BCUT2D eigenvalue weighted by Gasteiger charge is -2.06. The van der Waals surface area contributed by atoms with Gasteiger partial charge < -0.3 is 4.74 Å². The Morgan fingerprint density at radius 1 is 1.21 bits per heavy atom. The summed E-state index contributed by atoms with van der Waals surface area (Å²) in [5.74, 6) is -1.26. The second-order valence-electron chi connectivity index (χ2n) is 4.00. The maximum Gasteiger partial charge on any atom is 0.341 e. The van der Waals surface area contributed by atoms with Crippen molar-refractivity contribution in [3.05, 3.63) is 41.2 Å². The molecule has 0 bridgehead atoms. The highest BCUT2D eigenvalue weighted by atomic mass is 19.1. The van der Waals surface area contributed by atoms with Gasteiger partial charge in [0.1, 0.15) is 11.4 Å². The van der Waals surface area contributed by atoms with E-state index in [0.717, 1.165) is 0 Å². The van der Waals surface area contributed by atoms with Crippen LogP contribution in [0.1, 0.15) is 32.3 Å². The zero-order valence-corrected chi connectivity index (χ0v) is 11.1. The van der Waals surface area contributed by atoms with Gasteiger partial charge >= 0.3 is 5.97 Å². The first-order valence-electron chi connectivity index (χ1n) is 6.26. The number of carbonyl (C=O) groups excluding carboxylic acids is 2. The lowest BCUT2D eigenvalue weighted by molar-refractivity contribution is -0.139. The highest BCUT2D eigenvalue weighted by Crippen LogP contribution is 2.13. The molecular weight excluding hydrogens is 247 g/mol. The Morgan fingerprint density at radius 2 is 1.84 bits per heavy atom. The van der Waals surface area contributed by atoms with Crippen molar-refractivity contribution in [2.24, 2.45) is 0 Å². The zero-order valence-electron chi connectivity index (χ0n) is 11.1. The van der Waals surface area contributed by atoms with Gasteiger partial charge in [0.25, 0.3) is 0 Å². The summed E-state index contributed by atoms with van der Waals surface area (Å²) in [7, 11) is 0. The van der Waals surface area contributed by atoms with Crippen LogP contribution in [0.25, 0.3) is 6.08 Å². The van der Waals surface area contributed by atoms with E-state index < -0.39 is 5.97 Å². The minimum Gasteiger partial charge on any atom is -0.462 e. The van der Waals surface area contributed by atoms with Gasteiger partial charge in [0.05, 0.1) is 6.61 Å². The van der Waals surface area contributed by atoms with Crippen LogP contribution in [0.5, 0.6) is 0 Å². The van der Waals surface area contributed by atoms with E-state index in [-0.39, 0.29) is 30.2 Å². The minimum atomic E-state index is -0.634. The molecule has 1 aromatic rings. The van der Waals surface area contributed by atoms with Gasteiger partial charge in [-0.3, -0.25) is 4.79 Å². The Balaban J connectivity index is 3.04. The third-order valence-corrected chi connectivity index (χ3v) is 2.45. The Morgan fingerprint density at radius 3 is 2.37 bits per heavy atom. The van der Waals surface area contributed by atoms with Crippen molar-refractivity contribution in [1.82, 2.24) is 0 Å². The normalized spacial score (nSPS) is 11.2. The lowest BCUT2D eigenvalue weighted by Crippen LogP contribution is -2.15. The van der Waals surface area contributed by atoms with Gasteiger partial charge in [-0.05, 0) is 37.1 Å². The fourth-order valence-corrected chi connectivity index (χ4v) is 1.55. The van der Waals surface area contributed by atoms with Crippen LogP contribution in [-0.4, -0.2) is 18.4 Å². The molecule has 3 nitrogen and oxygen atoms in total. The Hall–Kier alpha value is -1.97. The molecule has 0 unspecified atom stereocenters. The van der Waals surface area contributed by atoms with Crippen LogP contribution >= 0.6 is 0 Å². The quantitative estimate of drug-likeness (QED) is 0.343. The largest absolute Gasteiger partial charge is 0.462 e. The van der Waals surface area contributed by atoms with Gasteiger partial charge in [-0.1, -0.05) is 19.1 Å². The topological polar surface area (TPSA) is 43.4 Å². The zero-order chi connectivity index (χ0) is 14.3. The molecule has 1 rings (SSSR count). The number of hydrogen-bond acceptors (Lipinski definition) is 3. The average molecular weight is 264 g/mol. The van der Waals surface area contributed by atoms with Gasteiger partial charge in [-0.25, -0.2) is 9.18 Å². The van der Waals surface area contributed by atoms with Gasteiger partial charge in [0.15, 0.2) is 5.78 Å². The van der Waals surface area contributed by atoms with Crippen LogP contribution in [0.2, 0.25) is 0 Å². The third kappa shape index (κ3) is 4.66. The number of benzene rings is 1. The summed E-state index contributed by atoms with van der Waals surface area (Å²) in [6.07, 6.45) is 2.38. The highest BCUT2D eigenvalue weighted by Gasteiger charge is 2.18. The van der Waals surface area contributed by atoms with E-state index in [1.54, 1.807) is 6.92 Å². The fourth-order valence-electron chi connectivity index (χ4n) is 1.55. The molecule has 1 aromatic carbocycles. The number of hydrogen-bond donors (Lipinski definition) is 0. The number of ketones is 1. The summed E-state index contributed by atoms with van der Waals surface area (Å²) in [6, 6.07) is 5.57. The summed E-state index contributed by atoms with van der Waals surface area (Å²) in [6.45, 7) is 3.75. The molecule has 0 aromatic heterocycles. The molecule has 19 heavy (non-hydrogen) atoms. The van der Waals surface area contributed by atoms with E-state index in [4.69, 9.17) is 4.74 Å². The van der Waals surface area contributed by atoms with E-state index >= 15 is 0 Å². The summed E-state index contributed by atoms with van der Waals surface area (Å²) in [5, 5.41) is 0. The van der Waals surface area contributed by atoms with E-state index in [1.165, 1.54) is 30.3 Å². The summed E-state index contributed by atoms with van der Waals surface area (Å²) < 4.78 is 17.7. The smallest absolute Gasteiger partial charge is 0.341 e. The Labute approximate surface area is 112 Å². The van der Waals surface area contributed by atoms with Gasteiger partial charge in [-0.2, -0.15) is 0 Å². The molecule has 0 aliphatic heterocycles. The van der Waals surface area contributed by atoms with E-state index in [2.05, 4.69) is 0 Å². The SMILES string of the molecule is CCCC(=O)C(=Cc1ccc(F)cc1)C(=O)OCC. The van der Waals surface area contributed by atoms with Crippen molar-refractivity contribution in [2.75, 3.05) is 6.61 Å². The molecule has 0 saturated carbocycles. The van der Waals surface area contributed by atoms with Crippen molar-refractivity contribution in [3.8, 4) is 0 Å². The molecule has 0 aliphatic carbocycles. The molecule has 0 spiro atoms. The first kappa shape index (κ1) is 15.1. The first-order valence-corrected chi connectivity index (χ1v) is 6.26. The predicted molar refractivity (Wildman–Crippen MR) is 70.9 cm³/mol. The number of esters is 1. The van der Waals surface area contributed by atoms with Crippen molar-refractivity contribution in [1.29, 1.82) is 0 Å². The molecule has 0 radical (unpaired) electrons. The Kier molecular flexibility index (Phi) is 5.93. The standard InChI is InChI=1S/C15H17FO3/c1-3-5-14(17)13(15(18)19-4-2)10-11-6-8-12(16)9-7-11/h6-10H,3-5H2,1-2H3. The minimum absolute atomic E-state index is 0.00954. The van der Waals surface area contributed by atoms with Crippen LogP contribution in [0.15, 0.2) is 29.8 Å². The maximum atomic E-state index is 12.8. The van der Waals surface area contributed by atoms with Crippen LogP contribution < -0.4 is 0 Å². The van der Waals surface area contributed by atoms with Crippen LogP contribution in [0, 0.1) is 5.82 Å². The molecule has 0 aliphatic rings. The molecule has 102 valence electrons. The van der Waals surface area contributed by atoms with Gasteiger partial charge in [0, 0.05) is 6.42 Å². The number of carbonyl (C=O) groups is 2. The van der Waals surface area contributed by atoms with E-state index in [9.17, 15) is 14.0 Å². The number of halogens is 1. The fraction of sp³-hybridized carbons (Fsp3) is 0.333. The van der Waals surface area contributed by atoms with Crippen LogP contribution in [-0.2, 0) is 14.3 Å². The first-order chi connectivity index (χ1) is 9.08. The lowest BCUT2D eigenvalue weighted by atomic mass is 10.0. The predicted octanol–water partition coefficient (Wildman–Crippen LogP) is 3.14. The van der Waals surface area contributed by atoms with Crippen molar-refractivity contribution in [3.63, 3.8) is 0 Å². The Bertz CT molecular complexity index is 455. The molecule has 0 atom stereocenters. The number of rotatable bonds is 6.